The van der Waals surface area contributed by atoms with Crippen LogP contribution in [0.4, 0.5) is 0 Å². The van der Waals surface area contributed by atoms with E-state index in [9.17, 15) is 9.59 Å². The lowest BCUT2D eigenvalue weighted by Crippen LogP contribution is -2.20. The lowest BCUT2D eigenvalue weighted by atomic mass is 10.2. The number of rotatable bonds is 2. The van der Waals surface area contributed by atoms with Crippen molar-refractivity contribution in [2.24, 2.45) is 0 Å². The van der Waals surface area contributed by atoms with Crippen molar-refractivity contribution in [3.8, 4) is 5.69 Å². The van der Waals surface area contributed by atoms with Crippen molar-refractivity contribution in [1.29, 1.82) is 0 Å². The number of carboxylic acid groups (broad SMARTS) is 1. The molecule has 0 aromatic carbocycles. The molecular weight excluding hydrogens is 312 g/mol. The second-order valence-electron chi connectivity index (χ2n) is 4.10. The monoisotopic (exact) mass is 322 g/mol. The van der Waals surface area contributed by atoms with Crippen molar-refractivity contribution >= 4 is 21.9 Å². The predicted octanol–water partition coefficient (Wildman–Crippen LogP) is 2.31. The molecule has 0 atom stereocenters. The van der Waals surface area contributed by atoms with Crippen LogP contribution in [0.2, 0.25) is 0 Å². The van der Waals surface area contributed by atoms with E-state index in [4.69, 9.17) is 5.11 Å². The van der Waals surface area contributed by atoms with Crippen molar-refractivity contribution in [3.05, 3.63) is 56.2 Å². The number of halogens is 1. The average molecular weight is 323 g/mol. The van der Waals surface area contributed by atoms with Gasteiger partial charge in [0.15, 0.2) is 0 Å². The van der Waals surface area contributed by atoms with Gasteiger partial charge in [-0.2, -0.15) is 0 Å². The first kappa shape index (κ1) is 13.5. The van der Waals surface area contributed by atoms with Gasteiger partial charge in [-0.05, 0) is 41.9 Å². The third kappa shape index (κ3) is 2.44. The molecule has 6 heteroatoms. The summed E-state index contributed by atoms with van der Waals surface area (Å²) in [4.78, 5) is 27.0. The summed E-state index contributed by atoms with van der Waals surface area (Å²) in [7, 11) is 0. The van der Waals surface area contributed by atoms with Gasteiger partial charge in [0, 0.05) is 17.6 Å². The van der Waals surface area contributed by atoms with Crippen molar-refractivity contribution < 1.29 is 9.90 Å². The SMILES string of the molecule is Cc1ccc(-n2cc(C(=O)O)c(=O)c(Br)c2C)cn1. The molecule has 0 spiro atoms. The largest absolute Gasteiger partial charge is 0.477 e. The Labute approximate surface area is 117 Å². The van der Waals surface area contributed by atoms with Crippen LogP contribution in [0.15, 0.2) is 33.8 Å². The smallest absolute Gasteiger partial charge is 0.341 e. The van der Waals surface area contributed by atoms with Gasteiger partial charge in [-0.1, -0.05) is 0 Å². The van der Waals surface area contributed by atoms with Gasteiger partial charge in [-0.3, -0.25) is 9.78 Å². The summed E-state index contributed by atoms with van der Waals surface area (Å²) in [6.07, 6.45) is 2.95. The molecule has 0 fully saturated rings. The van der Waals surface area contributed by atoms with Gasteiger partial charge in [0.25, 0.3) is 0 Å². The first-order valence-electron chi connectivity index (χ1n) is 5.50. The predicted molar refractivity (Wildman–Crippen MR) is 74.0 cm³/mol. The highest BCUT2D eigenvalue weighted by molar-refractivity contribution is 9.10. The van der Waals surface area contributed by atoms with E-state index in [1.54, 1.807) is 17.7 Å². The van der Waals surface area contributed by atoms with Gasteiger partial charge in [-0.15, -0.1) is 0 Å². The molecule has 0 saturated heterocycles. The zero-order valence-electron chi connectivity index (χ0n) is 10.3. The molecule has 2 aromatic heterocycles. The van der Waals surface area contributed by atoms with Crippen molar-refractivity contribution in [1.82, 2.24) is 9.55 Å². The van der Waals surface area contributed by atoms with E-state index >= 15 is 0 Å². The number of carboxylic acids is 1. The molecule has 0 bridgehead atoms. The van der Waals surface area contributed by atoms with Crippen molar-refractivity contribution in [3.63, 3.8) is 0 Å². The van der Waals surface area contributed by atoms with Crippen LogP contribution in [0.1, 0.15) is 21.7 Å². The Hall–Kier alpha value is -1.95. The Balaban J connectivity index is 2.74. The van der Waals surface area contributed by atoms with E-state index in [0.717, 1.165) is 5.69 Å². The number of aromatic nitrogens is 2. The maximum Gasteiger partial charge on any atom is 0.341 e. The molecule has 2 heterocycles. The zero-order valence-corrected chi connectivity index (χ0v) is 11.9. The van der Waals surface area contributed by atoms with Gasteiger partial charge in [0.2, 0.25) is 5.43 Å². The Morgan fingerprint density at radius 3 is 2.58 bits per heavy atom. The molecule has 0 unspecified atom stereocenters. The number of aryl methyl sites for hydroxylation is 1. The first-order valence-corrected chi connectivity index (χ1v) is 6.29. The quantitative estimate of drug-likeness (QED) is 0.920. The van der Waals surface area contributed by atoms with E-state index in [-0.39, 0.29) is 10.0 Å². The van der Waals surface area contributed by atoms with E-state index in [2.05, 4.69) is 20.9 Å². The Morgan fingerprint density at radius 1 is 1.37 bits per heavy atom. The maximum absolute atomic E-state index is 11.8. The summed E-state index contributed by atoms with van der Waals surface area (Å²) in [5.74, 6) is -1.25. The topological polar surface area (TPSA) is 72.2 Å². The Kier molecular flexibility index (Phi) is 3.53. The summed E-state index contributed by atoms with van der Waals surface area (Å²) in [5, 5.41) is 9.05. The van der Waals surface area contributed by atoms with Crippen LogP contribution < -0.4 is 5.43 Å². The molecule has 0 aliphatic heterocycles. The summed E-state index contributed by atoms with van der Waals surface area (Å²) >= 11 is 3.14. The fourth-order valence-corrected chi connectivity index (χ4v) is 2.10. The standard InChI is InChI=1S/C13H11BrN2O3/c1-7-3-4-9(5-15-7)16-6-10(13(18)19)12(17)11(14)8(16)2/h3-6H,1-2H3,(H,18,19). The second-order valence-corrected chi connectivity index (χ2v) is 4.90. The van der Waals surface area contributed by atoms with Crippen LogP contribution in [0, 0.1) is 13.8 Å². The minimum Gasteiger partial charge on any atom is -0.477 e. The lowest BCUT2D eigenvalue weighted by molar-refractivity contribution is 0.0694. The number of hydrogen-bond acceptors (Lipinski definition) is 3. The van der Waals surface area contributed by atoms with Crippen LogP contribution >= 0.6 is 15.9 Å². The normalized spacial score (nSPS) is 10.5. The number of pyridine rings is 2. The molecule has 5 nitrogen and oxygen atoms in total. The number of nitrogens with zero attached hydrogens (tertiary/aromatic N) is 2. The van der Waals surface area contributed by atoms with Gasteiger partial charge in [-0.25, -0.2) is 4.79 Å². The van der Waals surface area contributed by atoms with Gasteiger partial charge in [0.05, 0.1) is 16.4 Å². The van der Waals surface area contributed by atoms with Gasteiger partial charge in [0.1, 0.15) is 5.56 Å². The van der Waals surface area contributed by atoms with E-state index in [0.29, 0.717) is 11.4 Å². The highest BCUT2D eigenvalue weighted by atomic mass is 79.9. The van der Waals surface area contributed by atoms with Crippen LogP contribution in [-0.2, 0) is 0 Å². The summed E-state index contributed by atoms with van der Waals surface area (Å²) < 4.78 is 1.87. The average Bonchev–Trinajstić information content (AvgIpc) is 2.37. The molecule has 0 aliphatic rings. The van der Waals surface area contributed by atoms with Crippen LogP contribution in [0.3, 0.4) is 0 Å². The van der Waals surface area contributed by atoms with Crippen LogP contribution in [0.25, 0.3) is 5.69 Å². The summed E-state index contributed by atoms with van der Waals surface area (Å²) in [5.41, 5.74) is 1.38. The third-order valence-corrected chi connectivity index (χ3v) is 3.72. The lowest BCUT2D eigenvalue weighted by Gasteiger charge is -2.13. The summed E-state index contributed by atoms with van der Waals surface area (Å²) in [6, 6.07) is 3.64. The number of hydrogen-bond donors (Lipinski definition) is 1. The third-order valence-electron chi connectivity index (χ3n) is 2.79. The van der Waals surface area contributed by atoms with Crippen LogP contribution in [0.5, 0.6) is 0 Å². The molecule has 0 radical (unpaired) electrons. The molecule has 19 heavy (non-hydrogen) atoms. The van der Waals surface area contributed by atoms with E-state index in [1.165, 1.54) is 6.20 Å². The minimum atomic E-state index is -1.25. The van der Waals surface area contributed by atoms with Crippen LogP contribution in [-0.4, -0.2) is 20.6 Å². The Morgan fingerprint density at radius 2 is 2.05 bits per heavy atom. The molecule has 0 aliphatic carbocycles. The molecule has 0 amide bonds. The molecule has 2 rings (SSSR count). The van der Waals surface area contributed by atoms with Gasteiger partial charge < -0.3 is 9.67 Å². The fourth-order valence-electron chi connectivity index (χ4n) is 1.70. The Bertz CT molecular complexity index is 705. The summed E-state index contributed by atoms with van der Waals surface area (Å²) in [6.45, 7) is 3.59. The van der Waals surface area contributed by atoms with E-state index in [1.807, 2.05) is 19.1 Å². The number of carbonyl (C=O) groups is 1. The molecule has 0 saturated carbocycles. The number of aromatic carboxylic acids is 1. The molecule has 98 valence electrons. The van der Waals surface area contributed by atoms with Crippen molar-refractivity contribution in [2.75, 3.05) is 0 Å². The maximum atomic E-state index is 11.8. The van der Waals surface area contributed by atoms with Gasteiger partial charge >= 0.3 is 5.97 Å². The highest BCUT2D eigenvalue weighted by Crippen LogP contribution is 2.17. The molecule has 2 aromatic rings. The van der Waals surface area contributed by atoms with E-state index < -0.39 is 11.4 Å². The minimum absolute atomic E-state index is 0.243. The highest BCUT2D eigenvalue weighted by Gasteiger charge is 2.16. The second kappa shape index (κ2) is 4.97. The zero-order chi connectivity index (χ0) is 14.2. The molecular formula is C13H11BrN2O3. The fraction of sp³-hybridized carbons (Fsp3) is 0.154. The molecule has 1 N–H and O–H groups in total. The first-order chi connectivity index (χ1) is 8.91. The van der Waals surface area contributed by atoms with Crippen molar-refractivity contribution in [2.45, 2.75) is 13.8 Å².